The number of hydrogen-bond acceptors (Lipinski definition) is 5. The number of carbonyl (C=O) groups is 1. The lowest BCUT2D eigenvalue weighted by Crippen LogP contribution is -2.22. The standard InChI is InChI=1S/C13H12N2O4S/c1-19-11-3-4-12(16)15(14-11)7-10-6-9(8-20-10)2-5-13(17)18/h2-6,8H,7H2,1H3,(H,17,18)/b5-2+. The Bertz CT molecular complexity index is 702. The third kappa shape index (κ3) is 3.55. The molecule has 6 nitrogen and oxygen atoms in total. The van der Waals surface area contributed by atoms with Crippen LogP contribution in [0.2, 0.25) is 0 Å². The maximum Gasteiger partial charge on any atom is 0.328 e. The number of methoxy groups -OCH3 is 1. The van der Waals surface area contributed by atoms with Gasteiger partial charge in [-0.25, -0.2) is 9.48 Å². The first-order chi connectivity index (χ1) is 9.58. The molecule has 0 saturated heterocycles. The number of aliphatic carboxylic acids is 1. The van der Waals surface area contributed by atoms with Crippen LogP contribution in [-0.4, -0.2) is 28.0 Å². The lowest BCUT2D eigenvalue weighted by Gasteiger charge is -2.04. The van der Waals surface area contributed by atoms with Crippen molar-refractivity contribution in [1.29, 1.82) is 0 Å². The number of rotatable bonds is 5. The van der Waals surface area contributed by atoms with E-state index in [0.29, 0.717) is 12.4 Å². The smallest absolute Gasteiger partial charge is 0.328 e. The Morgan fingerprint density at radius 3 is 3.05 bits per heavy atom. The van der Waals surface area contributed by atoms with Crippen molar-refractivity contribution in [2.75, 3.05) is 7.11 Å². The molecule has 20 heavy (non-hydrogen) atoms. The van der Waals surface area contributed by atoms with E-state index in [1.54, 1.807) is 0 Å². The zero-order valence-electron chi connectivity index (χ0n) is 10.6. The molecule has 0 fully saturated rings. The predicted molar refractivity (Wildman–Crippen MR) is 75.1 cm³/mol. The lowest BCUT2D eigenvalue weighted by molar-refractivity contribution is -0.131. The fraction of sp³-hybridized carbons (Fsp3) is 0.154. The normalized spacial score (nSPS) is 10.8. The monoisotopic (exact) mass is 292 g/mol. The summed E-state index contributed by atoms with van der Waals surface area (Å²) in [7, 11) is 1.48. The van der Waals surface area contributed by atoms with E-state index in [0.717, 1.165) is 16.5 Å². The van der Waals surface area contributed by atoms with Gasteiger partial charge in [0.05, 0.1) is 13.7 Å². The van der Waals surface area contributed by atoms with E-state index in [1.807, 2.05) is 11.4 Å². The maximum absolute atomic E-state index is 11.7. The molecule has 0 saturated carbocycles. The van der Waals surface area contributed by atoms with Crippen LogP contribution in [0.25, 0.3) is 6.08 Å². The largest absolute Gasteiger partial charge is 0.480 e. The predicted octanol–water partition coefficient (Wildman–Crippen LogP) is 1.46. The third-order valence-electron chi connectivity index (χ3n) is 2.45. The first kappa shape index (κ1) is 14.0. The van der Waals surface area contributed by atoms with E-state index in [2.05, 4.69) is 5.10 Å². The van der Waals surface area contributed by atoms with E-state index < -0.39 is 5.97 Å². The Balaban J connectivity index is 2.18. The fourth-order valence-electron chi connectivity index (χ4n) is 1.54. The maximum atomic E-state index is 11.7. The van der Waals surface area contributed by atoms with Gasteiger partial charge in [0.1, 0.15) is 0 Å². The van der Waals surface area contributed by atoms with Crippen molar-refractivity contribution in [3.63, 3.8) is 0 Å². The molecule has 0 aliphatic heterocycles. The molecule has 2 aromatic rings. The molecule has 0 radical (unpaired) electrons. The van der Waals surface area contributed by atoms with Crippen molar-refractivity contribution < 1.29 is 14.6 Å². The highest BCUT2D eigenvalue weighted by Crippen LogP contribution is 2.16. The van der Waals surface area contributed by atoms with Gasteiger partial charge in [-0.2, -0.15) is 0 Å². The number of carboxylic acid groups (broad SMARTS) is 1. The van der Waals surface area contributed by atoms with Gasteiger partial charge < -0.3 is 9.84 Å². The lowest BCUT2D eigenvalue weighted by atomic mass is 10.3. The quantitative estimate of drug-likeness (QED) is 0.844. The first-order valence-corrected chi connectivity index (χ1v) is 6.57. The summed E-state index contributed by atoms with van der Waals surface area (Å²) in [5.74, 6) is -0.629. The van der Waals surface area contributed by atoms with Crippen LogP contribution in [0.4, 0.5) is 0 Å². The number of carboxylic acids is 1. The molecule has 0 atom stereocenters. The Hall–Kier alpha value is -2.41. The zero-order chi connectivity index (χ0) is 14.5. The minimum Gasteiger partial charge on any atom is -0.480 e. The molecule has 0 bridgehead atoms. The molecule has 0 amide bonds. The summed E-state index contributed by atoms with van der Waals surface area (Å²) in [6.45, 7) is 0.321. The van der Waals surface area contributed by atoms with Crippen molar-refractivity contribution in [3.8, 4) is 5.88 Å². The molecule has 1 N–H and O–H groups in total. The molecule has 104 valence electrons. The van der Waals surface area contributed by atoms with Gasteiger partial charge in [-0.15, -0.1) is 16.4 Å². The van der Waals surface area contributed by atoms with E-state index in [1.165, 1.54) is 41.3 Å². The number of ether oxygens (including phenoxy) is 1. The number of thiophene rings is 1. The summed E-state index contributed by atoms with van der Waals surface area (Å²) in [6.07, 6.45) is 2.58. The SMILES string of the molecule is COc1ccc(=O)n(Cc2cc(/C=C/C(=O)O)cs2)n1. The molecule has 0 aromatic carbocycles. The average molecular weight is 292 g/mol. The summed E-state index contributed by atoms with van der Waals surface area (Å²) in [6, 6.07) is 4.72. The van der Waals surface area contributed by atoms with Gasteiger partial charge in [-0.1, -0.05) is 0 Å². The van der Waals surface area contributed by atoms with E-state index >= 15 is 0 Å². The van der Waals surface area contributed by atoms with Gasteiger partial charge in [-0.3, -0.25) is 4.79 Å². The third-order valence-corrected chi connectivity index (χ3v) is 3.39. The number of aromatic nitrogens is 2. The second-order valence-electron chi connectivity index (χ2n) is 3.89. The average Bonchev–Trinajstić information content (AvgIpc) is 2.86. The Morgan fingerprint density at radius 2 is 2.35 bits per heavy atom. The summed E-state index contributed by atoms with van der Waals surface area (Å²) in [5, 5.41) is 14.4. The van der Waals surface area contributed by atoms with Crippen LogP contribution in [0, 0.1) is 0 Å². The van der Waals surface area contributed by atoms with Gasteiger partial charge >= 0.3 is 5.97 Å². The van der Waals surface area contributed by atoms with Crippen LogP contribution < -0.4 is 10.3 Å². The Labute approximate surface area is 118 Å². The summed E-state index contributed by atoms with van der Waals surface area (Å²) < 4.78 is 6.27. The van der Waals surface area contributed by atoms with Crippen LogP contribution in [-0.2, 0) is 11.3 Å². The Kier molecular flexibility index (Phi) is 4.31. The van der Waals surface area contributed by atoms with Crippen LogP contribution in [0.15, 0.2) is 34.4 Å². The van der Waals surface area contributed by atoms with E-state index in [4.69, 9.17) is 9.84 Å². The van der Waals surface area contributed by atoms with Gasteiger partial charge in [-0.05, 0) is 23.1 Å². The topological polar surface area (TPSA) is 81.4 Å². The first-order valence-electron chi connectivity index (χ1n) is 5.69. The highest BCUT2D eigenvalue weighted by Gasteiger charge is 2.04. The van der Waals surface area contributed by atoms with Gasteiger partial charge in [0.15, 0.2) is 0 Å². The Morgan fingerprint density at radius 1 is 1.55 bits per heavy atom. The fourth-order valence-corrected chi connectivity index (χ4v) is 2.37. The van der Waals surface area contributed by atoms with Crippen LogP contribution >= 0.6 is 11.3 Å². The summed E-state index contributed by atoms with van der Waals surface area (Å²) >= 11 is 1.43. The number of hydrogen-bond donors (Lipinski definition) is 1. The van der Waals surface area contributed by atoms with Crippen molar-refractivity contribution in [2.45, 2.75) is 6.54 Å². The number of nitrogens with zero attached hydrogens (tertiary/aromatic N) is 2. The molecular weight excluding hydrogens is 280 g/mol. The molecular formula is C13H12N2O4S. The van der Waals surface area contributed by atoms with Crippen LogP contribution in [0.5, 0.6) is 5.88 Å². The van der Waals surface area contributed by atoms with Gasteiger partial charge in [0.2, 0.25) is 5.88 Å². The van der Waals surface area contributed by atoms with Crippen molar-refractivity contribution in [1.82, 2.24) is 9.78 Å². The van der Waals surface area contributed by atoms with Gasteiger partial charge in [0.25, 0.3) is 5.56 Å². The molecule has 0 unspecified atom stereocenters. The van der Waals surface area contributed by atoms with Crippen molar-refractivity contribution in [2.24, 2.45) is 0 Å². The van der Waals surface area contributed by atoms with Crippen LogP contribution in [0.1, 0.15) is 10.4 Å². The molecule has 2 rings (SSSR count). The summed E-state index contributed by atoms with van der Waals surface area (Å²) in [5.41, 5.74) is 0.560. The molecule has 0 spiro atoms. The molecule has 0 aliphatic carbocycles. The second-order valence-corrected chi connectivity index (χ2v) is 4.89. The second kappa shape index (κ2) is 6.16. The van der Waals surface area contributed by atoms with E-state index in [9.17, 15) is 9.59 Å². The molecule has 2 heterocycles. The molecule has 2 aromatic heterocycles. The van der Waals surface area contributed by atoms with E-state index in [-0.39, 0.29) is 5.56 Å². The van der Waals surface area contributed by atoms with Crippen molar-refractivity contribution >= 4 is 23.4 Å². The minimum atomic E-state index is -0.997. The highest BCUT2D eigenvalue weighted by atomic mass is 32.1. The zero-order valence-corrected chi connectivity index (χ0v) is 11.5. The molecule has 7 heteroatoms. The minimum absolute atomic E-state index is 0.221. The van der Waals surface area contributed by atoms with Crippen molar-refractivity contribution in [3.05, 3.63) is 50.4 Å². The van der Waals surface area contributed by atoms with Gasteiger partial charge in [0, 0.05) is 23.1 Å². The molecule has 0 aliphatic rings. The van der Waals surface area contributed by atoms with Crippen LogP contribution in [0.3, 0.4) is 0 Å². The highest BCUT2D eigenvalue weighted by molar-refractivity contribution is 7.10. The summed E-state index contributed by atoms with van der Waals surface area (Å²) in [4.78, 5) is 23.0.